The van der Waals surface area contributed by atoms with Crippen molar-refractivity contribution < 1.29 is 19.8 Å². The number of carboxylic acids is 2. The van der Waals surface area contributed by atoms with E-state index in [1.165, 1.54) is 0 Å². The molecule has 23 heavy (non-hydrogen) atoms. The van der Waals surface area contributed by atoms with E-state index in [1.807, 2.05) is 28.0 Å². The van der Waals surface area contributed by atoms with E-state index in [0.29, 0.717) is 39.3 Å². The number of carboxylic acid groups (broad SMARTS) is 2. The van der Waals surface area contributed by atoms with Crippen molar-refractivity contribution in [2.45, 2.75) is 13.1 Å². The molecule has 0 aromatic carbocycles. The highest BCUT2D eigenvalue weighted by Gasteiger charge is 2.15. The number of fused-ring (bicyclic) bond motifs is 2. The van der Waals surface area contributed by atoms with Crippen molar-refractivity contribution in [2.75, 3.05) is 39.3 Å². The Morgan fingerprint density at radius 3 is 1.91 bits per heavy atom. The van der Waals surface area contributed by atoms with E-state index >= 15 is 0 Å². The van der Waals surface area contributed by atoms with Crippen LogP contribution >= 0.6 is 0 Å². The number of hydrogen-bond acceptors (Lipinski definition) is 6. The third-order valence-electron chi connectivity index (χ3n) is 3.56. The van der Waals surface area contributed by atoms with Crippen LogP contribution in [-0.4, -0.2) is 76.2 Å². The second kappa shape index (κ2) is 8.56. The van der Waals surface area contributed by atoms with E-state index in [9.17, 15) is 9.59 Å². The topological polar surface area (TPSA) is 106 Å². The monoisotopic (exact) mass is 322 g/mol. The summed E-state index contributed by atoms with van der Waals surface area (Å²) < 4.78 is 0. The average Bonchev–Trinajstić information content (AvgIpc) is 2.44. The van der Waals surface area contributed by atoms with Crippen molar-refractivity contribution >= 4 is 11.9 Å². The number of nitrogens with one attached hydrogen (secondary N) is 1. The smallest absolute Gasteiger partial charge is 0.317 e. The van der Waals surface area contributed by atoms with Crippen LogP contribution in [0.4, 0.5) is 0 Å². The van der Waals surface area contributed by atoms with Gasteiger partial charge in [0.2, 0.25) is 0 Å². The van der Waals surface area contributed by atoms with Crippen molar-refractivity contribution in [3.05, 3.63) is 29.6 Å². The Morgan fingerprint density at radius 1 is 1.00 bits per heavy atom. The van der Waals surface area contributed by atoms with Gasteiger partial charge in [-0.25, -0.2) is 0 Å². The van der Waals surface area contributed by atoms with Crippen molar-refractivity contribution in [1.29, 1.82) is 0 Å². The van der Waals surface area contributed by atoms with Crippen molar-refractivity contribution in [3.63, 3.8) is 0 Å². The molecule has 1 aromatic rings. The Labute approximate surface area is 134 Å². The minimum absolute atomic E-state index is 0.0290. The zero-order valence-electron chi connectivity index (χ0n) is 12.9. The summed E-state index contributed by atoms with van der Waals surface area (Å²) in [6.45, 7) is 3.34. The average molecular weight is 322 g/mol. The Kier molecular flexibility index (Phi) is 6.45. The SMILES string of the molecule is O=C(O)CN1CCNCCN(CC(=O)O)Cc2cccc(n2)C1. The highest BCUT2D eigenvalue weighted by molar-refractivity contribution is 5.69. The largest absolute Gasteiger partial charge is 0.480 e. The van der Waals surface area contributed by atoms with Crippen molar-refractivity contribution in [3.8, 4) is 0 Å². The maximum absolute atomic E-state index is 11.0. The van der Waals surface area contributed by atoms with Gasteiger partial charge in [0.25, 0.3) is 0 Å². The molecule has 0 radical (unpaired) electrons. The van der Waals surface area contributed by atoms with Gasteiger partial charge in [-0.05, 0) is 12.1 Å². The van der Waals surface area contributed by atoms with E-state index in [4.69, 9.17) is 10.2 Å². The fourth-order valence-electron chi connectivity index (χ4n) is 2.57. The summed E-state index contributed by atoms with van der Waals surface area (Å²) in [6.07, 6.45) is 0. The van der Waals surface area contributed by atoms with E-state index in [-0.39, 0.29) is 13.1 Å². The van der Waals surface area contributed by atoms with E-state index < -0.39 is 11.9 Å². The standard InChI is InChI=1S/C15H22N4O4/c20-14(21)10-18-6-4-16-5-7-19(11-15(22)23)9-13-3-1-2-12(8-18)17-13/h1-3,16H,4-11H2,(H,20,21)(H,22,23). The molecule has 1 aliphatic heterocycles. The van der Waals surface area contributed by atoms with Gasteiger partial charge in [0, 0.05) is 39.3 Å². The summed E-state index contributed by atoms with van der Waals surface area (Å²) in [4.78, 5) is 30.1. The molecule has 2 rings (SSSR count). The first kappa shape index (κ1) is 17.3. The summed E-state index contributed by atoms with van der Waals surface area (Å²) in [5.41, 5.74) is 1.58. The van der Waals surface area contributed by atoms with Crippen LogP contribution in [0.25, 0.3) is 0 Å². The molecule has 0 spiro atoms. The summed E-state index contributed by atoms with van der Waals surface area (Å²) in [6, 6.07) is 5.59. The van der Waals surface area contributed by atoms with Gasteiger partial charge in [0.1, 0.15) is 0 Å². The maximum Gasteiger partial charge on any atom is 0.317 e. The molecule has 8 heteroatoms. The van der Waals surface area contributed by atoms with Gasteiger partial charge in [0.05, 0.1) is 24.5 Å². The summed E-state index contributed by atoms with van der Waals surface area (Å²) in [5, 5.41) is 21.2. The second-order valence-corrected chi connectivity index (χ2v) is 5.58. The predicted molar refractivity (Wildman–Crippen MR) is 82.9 cm³/mol. The molecular formula is C15H22N4O4. The quantitative estimate of drug-likeness (QED) is 0.678. The minimum Gasteiger partial charge on any atom is -0.480 e. The van der Waals surface area contributed by atoms with E-state index in [0.717, 1.165) is 11.4 Å². The predicted octanol–water partition coefficient (Wildman–Crippen LogP) is -0.542. The Morgan fingerprint density at radius 2 is 1.48 bits per heavy atom. The van der Waals surface area contributed by atoms with Crippen LogP contribution in [0.5, 0.6) is 0 Å². The first-order chi connectivity index (χ1) is 11.0. The number of nitrogens with zero attached hydrogens (tertiary/aromatic N) is 3. The van der Waals surface area contributed by atoms with Crippen LogP contribution in [-0.2, 0) is 22.7 Å². The molecule has 0 aliphatic carbocycles. The van der Waals surface area contributed by atoms with Crippen LogP contribution in [0, 0.1) is 0 Å². The van der Waals surface area contributed by atoms with Crippen LogP contribution < -0.4 is 5.32 Å². The van der Waals surface area contributed by atoms with Crippen molar-refractivity contribution in [2.24, 2.45) is 0 Å². The maximum atomic E-state index is 11.0. The first-order valence-corrected chi connectivity index (χ1v) is 7.57. The van der Waals surface area contributed by atoms with Gasteiger partial charge in [-0.1, -0.05) is 6.07 Å². The molecule has 126 valence electrons. The zero-order valence-corrected chi connectivity index (χ0v) is 12.9. The Bertz CT molecular complexity index is 509. The minimum atomic E-state index is -0.860. The van der Waals surface area contributed by atoms with Crippen LogP contribution in [0.1, 0.15) is 11.4 Å². The summed E-state index contributed by atoms with van der Waals surface area (Å²) in [7, 11) is 0. The summed E-state index contributed by atoms with van der Waals surface area (Å²) >= 11 is 0. The number of aromatic nitrogens is 1. The lowest BCUT2D eigenvalue weighted by atomic mass is 10.2. The Hall–Kier alpha value is -2.03. The highest BCUT2D eigenvalue weighted by Crippen LogP contribution is 2.07. The molecule has 1 aliphatic rings. The van der Waals surface area contributed by atoms with Gasteiger partial charge >= 0.3 is 11.9 Å². The van der Waals surface area contributed by atoms with Gasteiger partial charge in [-0.2, -0.15) is 0 Å². The number of pyridine rings is 1. The van der Waals surface area contributed by atoms with E-state index in [2.05, 4.69) is 10.3 Å². The van der Waals surface area contributed by atoms with E-state index in [1.54, 1.807) is 0 Å². The van der Waals surface area contributed by atoms with Crippen LogP contribution in [0.2, 0.25) is 0 Å². The normalized spacial score (nSPS) is 17.9. The van der Waals surface area contributed by atoms with Gasteiger partial charge in [0.15, 0.2) is 0 Å². The van der Waals surface area contributed by atoms with Gasteiger partial charge in [-0.15, -0.1) is 0 Å². The molecule has 1 aromatic heterocycles. The number of hydrogen-bond donors (Lipinski definition) is 3. The molecule has 0 saturated carbocycles. The number of aliphatic carboxylic acids is 2. The van der Waals surface area contributed by atoms with Crippen LogP contribution in [0.15, 0.2) is 18.2 Å². The molecule has 0 amide bonds. The lowest BCUT2D eigenvalue weighted by Crippen LogP contribution is -2.40. The number of carbonyl (C=O) groups is 2. The zero-order chi connectivity index (χ0) is 16.7. The third-order valence-corrected chi connectivity index (χ3v) is 3.56. The highest BCUT2D eigenvalue weighted by atomic mass is 16.4. The van der Waals surface area contributed by atoms with Gasteiger partial charge < -0.3 is 15.5 Å². The number of rotatable bonds is 4. The first-order valence-electron chi connectivity index (χ1n) is 7.57. The Balaban J connectivity index is 2.14. The molecule has 0 fully saturated rings. The fraction of sp³-hybridized carbons (Fsp3) is 0.533. The lowest BCUT2D eigenvalue weighted by molar-refractivity contribution is -0.139. The molecule has 0 unspecified atom stereocenters. The molecule has 2 bridgehead atoms. The molecule has 3 N–H and O–H groups in total. The summed E-state index contributed by atoms with van der Waals surface area (Å²) in [5.74, 6) is -1.72. The molecule has 0 atom stereocenters. The fourth-order valence-corrected chi connectivity index (χ4v) is 2.57. The van der Waals surface area contributed by atoms with Crippen LogP contribution in [0.3, 0.4) is 0 Å². The lowest BCUT2D eigenvalue weighted by Gasteiger charge is -2.24. The third kappa shape index (κ3) is 6.31. The molecule has 8 nitrogen and oxygen atoms in total. The van der Waals surface area contributed by atoms with Crippen molar-refractivity contribution in [1.82, 2.24) is 20.1 Å². The second-order valence-electron chi connectivity index (χ2n) is 5.58. The molecular weight excluding hydrogens is 300 g/mol. The van der Waals surface area contributed by atoms with Gasteiger partial charge in [-0.3, -0.25) is 24.4 Å². The molecule has 0 saturated heterocycles. The molecule has 2 heterocycles.